The van der Waals surface area contributed by atoms with Crippen LogP contribution in [-0.2, 0) is 22.4 Å². The number of fused-ring (bicyclic) bond motifs is 3. The summed E-state index contributed by atoms with van der Waals surface area (Å²) >= 11 is 1.81. The zero-order valence-corrected chi connectivity index (χ0v) is 22.1. The van der Waals surface area contributed by atoms with Crippen LogP contribution in [0.25, 0.3) is 10.2 Å². The first-order valence-electron chi connectivity index (χ1n) is 13.1. The second-order valence-electron chi connectivity index (χ2n) is 9.84. The lowest BCUT2D eigenvalue weighted by Gasteiger charge is -2.29. The Kier molecular flexibility index (Phi) is 7.85. The lowest BCUT2D eigenvalue weighted by molar-refractivity contribution is -0.125. The van der Waals surface area contributed by atoms with Crippen LogP contribution in [0.15, 0.2) is 18.5 Å². The molecule has 0 saturated carbocycles. The van der Waals surface area contributed by atoms with Gasteiger partial charge in [0, 0.05) is 42.0 Å². The molecule has 10 heteroatoms. The fourth-order valence-corrected chi connectivity index (χ4v) is 6.50. The van der Waals surface area contributed by atoms with Gasteiger partial charge in [0.15, 0.2) is 0 Å². The van der Waals surface area contributed by atoms with Crippen LogP contribution in [0.3, 0.4) is 0 Å². The van der Waals surface area contributed by atoms with Gasteiger partial charge in [0.05, 0.1) is 36.0 Å². The summed E-state index contributed by atoms with van der Waals surface area (Å²) in [5.74, 6) is 0.866. The Morgan fingerprint density at radius 3 is 2.70 bits per heavy atom. The maximum absolute atomic E-state index is 10.2. The number of hydrogen-bond donors (Lipinski definition) is 3. The molecule has 4 heterocycles. The van der Waals surface area contributed by atoms with Crippen LogP contribution in [0.2, 0.25) is 0 Å². The molecule has 2 aromatic heterocycles. The summed E-state index contributed by atoms with van der Waals surface area (Å²) in [7, 11) is 0. The molecule has 0 spiro atoms. The molecule has 0 radical (unpaired) electrons. The van der Waals surface area contributed by atoms with Crippen LogP contribution in [0.5, 0.6) is 0 Å². The quantitative estimate of drug-likeness (QED) is 0.259. The van der Waals surface area contributed by atoms with E-state index in [1.165, 1.54) is 47.7 Å². The monoisotopic (exact) mass is 521 g/mol. The van der Waals surface area contributed by atoms with Gasteiger partial charge in [-0.15, -0.1) is 11.3 Å². The van der Waals surface area contributed by atoms with Crippen molar-refractivity contribution in [2.24, 2.45) is 0 Å². The van der Waals surface area contributed by atoms with Crippen LogP contribution in [0, 0.1) is 5.41 Å². The maximum atomic E-state index is 10.2. The Labute approximate surface area is 221 Å². The predicted molar refractivity (Wildman–Crippen MR) is 151 cm³/mol. The number of aromatic nitrogens is 2. The molecule has 3 aromatic rings. The molecule has 1 aliphatic carbocycles. The third-order valence-corrected chi connectivity index (χ3v) is 8.56. The van der Waals surface area contributed by atoms with E-state index in [1.54, 1.807) is 22.6 Å². The molecule has 3 aliphatic rings. The number of ether oxygens (including phenoxy) is 1. The van der Waals surface area contributed by atoms with Gasteiger partial charge in [0.25, 0.3) is 0 Å². The molecule has 2 saturated heterocycles. The molecule has 6 rings (SSSR count). The third-order valence-electron chi connectivity index (χ3n) is 7.36. The molecule has 4 N–H and O–H groups in total. The molecule has 1 aromatic carbocycles. The molecule has 196 valence electrons. The number of carbonyl (C=O) groups is 1. The number of carbonyl (C=O) groups excluding carboxylic acids is 1. The lowest BCUT2D eigenvalue weighted by atomic mass is 9.97. The van der Waals surface area contributed by atoms with Gasteiger partial charge in [-0.05, 0) is 63.1 Å². The average Bonchev–Trinajstić information content (AvgIpc) is 3.59. The summed E-state index contributed by atoms with van der Waals surface area (Å²) in [6.45, 7) is 6.15. The van der Waals surface area contributed by atoms with Crippen molar-refractivity contribution < 1.29 is 9.53 Å². The summed E-state index contributed by atoms with van der Waals surface area (Å²) in [6, 6.07) is 4.23. The fourth-order valence-electron chi connectivity index (χ4n) is 5.28. The van der Waals surface area contributed by atoms with E-state index < -0.39 is 0 Å². The largest absolute Gasteiger partial charge is 0.398 e. The molecule has 2 fully saturated rings. The smallest absolute Gasteiger partial charge is 0.210 e. The summed E-state index contributed by atoms with van der Waals surface area (Å²) in [5, 5.41) is 12.5. The topological polar surface area (TPSA) is 120 Å². The first-order valence-corrected chi connectivity index (χ1v) is 13.9. The summed E-state index contributed by atoms with van der Waals surface area (Å²) < 4.78 is 5.11. The van der Waals surface area contributed by atoms with Gasteiger partial charge in [-0.2, -0.15) is 0 Å². The normalized spacial score (nSPS) is 19.2. The predicted octanol–water partition coefficient (Wildman–Crippen LogP) is 4.36. The fraction of sp³-hybridized carbons (Fsp3) is 0.481. The number of nitrogens with zero attached hydrogens (tertiary/aromatic N) is 4. The van der Waals surface area contributed by atoms with Crippen molar-refractivity contribution >= 4 is 57.1 Å². The van der Waals surface area contributed by atoms with Gasteiger partial charge in [-0.3, -0.25) is 4.79 Å². The highest BCUT2D eigenvalue weighted by Crippen LogP contribution is 2.41. The third kappa shape index (κ3) is 5.40. The Morgan fingerprint density at radius 1 is 1.16 bits per heavy atom. The number of nitrogens with one attached hydrogen (secondary N) is 2. The number of amides is 1. The summed E-state index contributed by atoms with van der Waals surface area (Å²) in [6.07, 6.45) is 11.0. The maximum Gasteiger partial charge on any atom is 0.210 e. The zero-order valence-electron chi connectivity index (χ0n) is 21.3. The molecular formula is C27H35N7O2S. The first-order chi connectivity index (χ1) is 18.1. The Morgan fingerprint density at radius 2 is 1.97 bits per heavy atom. The van der Waals surface area contributed by atoms with Gasteiger partial charge in [-0.25, -0.2) is 9.97 Å². The molecule has 1 unspecified atom stereocenters. The number of morpholine rings is 1. The number of aryl methyl sites for hydroxylation is 2. The van der Waals surface area contributed by atoms with Gasteiger partial charge in [0.2, 0.25) is 6.41 Å². The molecule has 37 heavy (non-hydrogen) atoms. The second-order valence-corrected chi connectivity index (χ2v) is 10.9. The van der Waals surface area contributed by atoms with E-state index in [1.807, 2.05) is 19.1 Å². The molecule has 9 nitrogen and oxygen atoms in total. The number of benzene rings is 1. The van der Waals surface area contributed by atoms with Crippen molar-refractivity contribution in [3.63, 3.8) is 0 Å². The Bertz CT molecular complexity index is 1270. The van der Waals surface area contributed by atoms with E-state index in [0.717, 1.165) is 66.5 Å². The Balaban J connectivity index is 0.000000265. The van der Waals surface area contributed by atoms with Crippen molar-refractivity contribution in [2.45, 2.75) is 51.5 Å². The van der Waals surface area contributed by atoms with Gasteiger partial charge >= 0.3 is 0 Å². The minimum atomic E-state index is 0.260. The van der Waals surface area contributed by atoms with Gasteiger partial charge in [0.1, 0.15) is 17.0 Å². The van der Waals surface area contributed by atoms with Crippen molar-refractivity contribution in [3.05, 3.63) is 34.5 Å². The van der Waals surface area contributed by atoms with Crippen LogP contribution in [0.1, 0.15) is 48.6 Å². The highest BCUT2D eigenvalue weighted by atomic mass is 32.1. The minimum absolute atomic E-state index is 0.260. The second kappa shape index (κ2) is 11.4. The van der Waals surface area contributed by atoms with E-state index in [9.17, 15) is 4.79 Å². The average molecular weight is 522 g/mol. The van der Waals surface area contributed by atoms with Gasteiger partial charge in [-0.1, -0.05) is 0 Å². The summed E-state index contributed by atoms with van der Waals surface area (Å²) in [4.78, 5) is 26.0. The molecule has 2 aliphatic heterocycles. The molecule has 1 amide bonds. The van der Waals surface area contributed by atoms with Crippen molar-refractivity contribution in [3.8, 4) is 0 Å². The van der Waals surface area contributed by atoms with E-state index in [-0.39, 0.29) is 6.04 Å². The van der Waals surface area contributed by atoms with Crippen molar-refractivity contribution in [2.75, 3.05) is 48.8 Å². The Hall–Kier alpha value is -3.24. The van der Waals surface area contributed by atoms with Crippen LogP contribution in [0.4, 0.5) is 22.9 Å². The first kappa shape index (κ1) is 25.4. The molecule has 0 bridgehead atoms. The van der Waals surface area contributed by atoms with E-state index >= 15 is 0 Å². The van der Waals surface area contributed by atoms with Gasteiger partial charge < -0.3 is 31.0 Å². The standard InChI is InChI=1S/C21H24N6S.C6H11NO2/c22-11-13-9-16(17(10-15(13)23)27-7-3-4-8-27)26-20-19-14-5-1-2-6-18(14)28-21(19)25-12-24-20;1-6-4-9-3-2-7(6)5-8/h9-12,22H,1-8,23H2,(H,24,25,26);5-6H,2-4H2,1H3. The number of nitrogens with two attached hydrogens (primary N) is 1. The van der Waals surface area contributed by atoms with Crippen molar-refractivity contribution in [1.29, 1.82) is 5.41 Å². The number of nitrogen functional groups attached to an aromatic ring is 1. The van der Waals surface area contributed by atoms with Crippen molar-refractivity contribution in [1.82, 2.24) is 14.9 Å². The van der Waals surface area contributed by atoms with E-state index in [2.05, 4.69) is 20.2 Å². The zero-order chi connectivity index (χ0) is 25.8. The highest BCUT2D eigenvalue weighted by molar-refractivity contribution is 7.19. The highest BCUT2D eigenvalue weighted by Gasteiger charge is 2.22. The summed E-state index contributed by atoms with van der Waals surface area (Å²) in [5.41, 5.74) is 11.0. The van der Waals surface area contributed by atoms with Crippen LogP contribution >= 0.6 is 11.3 Å². The SMILES string of the molecule is CC1COCCN1C=O.N=Cc1cc(Nc2ncnc3sc4c(c23)CCCC4)c(N2CCCC2)cc1N. The number of rotatable bonds is 5. The van der Waals surface area contributed by atoms with E-state index in [4.69, 9.17) is 15.9 Å². The van der Waals surface area contributed by atoms with E-state index in [0.29, 0.717) is 18.9 Å². The van der Waals surface area contributed by atoms with Crippen LogP contribution < -0.4 is 16.0 Å². The van der Waals surface area contributed by atoms with Crippen LogP contribution in [-0.4, -0.2) is 66.4 Å². The molecule has 1 atom stereocenters. The number of anilines is 4. The number of hydrogen-bond acceptors (Lipinski definition) is 9. The minimum Gasteiger partial charge on any atom is -0.398 e. The lowest BCUT2D eigenvalue weighted by Crippen LogP contribution is -2.42. The molecular weight excluding hydrogens is 486 g/mol. The number of thiophene rings is 1.